The number of ether oxygens (including phenoxy) is 1. The average molecular weight is 278 g/mol. The first-order chi connectivity index (χ1) is 9.49. The van der Waals surface area contributed by atoms with Crippen LogP contribution in [-0.4, -0.2) is 12.5 Å². The van der Waals surface area contributed by atoms with Crippen LogP contribution < -0.4 is 16.0 Å². The summed E-state index contributed by atoms with van der Waals surface area (Å²) < 4.78 is 5.66. The van der Waals surface area contributed by atoms with Gasteiger partial charge in [0, 0.05) is 6.42 Å². The molecule has 4 heteroatoms. The third-order valence-corrected chi connectivity index (χ3v) is 3.75. The molecule has 0 saturated carbocycles. The van der Waals surface area contributed by atoms with E-state index in [1.54, 1.807) is 0 Å². The van der Waals surface area contributed by atoms with Crippen molar-refractivity contribution < 1.29 is 9.53 Å². The maximum absolute atomic E-state index is 10.9. The highest BCUT2D eigenvalue weighted by Crippen LogP contribution is 2.28. The van der Waals surface area contributed by atoms with E-state index in [1.807, 2.05) is 12.1 Å². The molecule has 0 heterocycles. The number of hydrazine groups is 1. The van der Waals surface area contributed by atoms with E-state index in [9.17, 15) is 4.79 Å². The van der Waals surface area contributed by atoms with E-state index in [0.29, 0.717) is 13.0 Å². The van der Waals surface area contributed by atoms with Crippen molar-refractivity contribution in [3.05, 3.63) is 29.8 Å². The van der Waals surface area contributed by atoms with Gasteiger partial charge in [0.2, 0.25) is 5.91 Å². The van der Waals surface area contributed by atoms with Gasteiger partial charge in [-0.25, -0.2) is 5.84 Å². The van der Waals surface area contributed by atoms with Gasteiger partial charge < -0.3 is 4.74 Å². The maximum atomic E-state index is 10.9. The number of hydrogen-bond donors (Lipinski definition) is 2. The van der Waals surface area contributed by atoms with Crippen molar-refractivity contribution in [2.75, 3.05) is 6.61 Å². The van der Waals surface area contributed by atoms with Crippen LogP contribution in [0.4, 0.5) is 0 Å². The van der Waals surface area contributed by atoms with E-state index in [-0.39, 0.29) is 11.3 Å². The van der Waals surface area contributed by atoms with Crippen molar-refractivity contribution in [2.45, 2.75) is 51.9 Å². The summed E-state index contributed by atoms with van der Waals surface area (Å²) >= 11 is 0. The molecule has 0 aliphatic heterocycles. The fourth-order valence-electron chi connectivity index (χ4n) is 1.86. The van der Waals surface area contributed by atoms with Crippen molar-refractivity contribution >= 4 is 5.91 Å². The molecule has 0 aromatic heterocycles. The minimum atomic E-state index is -0.129. The van der Waals surface area contributed by atoms with Gasteiger partial charge >= 0.3 is 0 Å². The third-order valence-electron chi connectivity index (χ3n) is 3.75. The quantitative estimate of drug-likeness (QED) is 0.332. The highest BCUT2D eigenvalue weighted by atomic mass is 16.5. The Morgan fingerprint density at radius 1 is 1.25 bits per heavy atom. The number of hydrogen-bond acceptors (Lipinski definition) is 3. The first-order valence-electron chi connectivity index (χ1n) is 7.22. The van der Waals surface area contributed by atoms with Crippen LogP contribution in [0.3, 0.4) is 0 Å². The molecule has 1 aromatic rings. The summed E-state index contributed by atoms with van der Waals surface area (Å²) in [5.41, 5.74) is 3.65. The average Bonchev–Trinajstić information content (AvgIpc) is 2.47. The predicted octanol–water partition coefficient (Wildman–Crippen LogP) is 2.91. The molecule has 0 unspecified atom stereocenters. The van der Waals surface area contributed by atoms with Gasteiger partial charge in [-0.15, -0.1) is 0 Å². The van der Waals surface area contributed by atoms with Gasteiger partial charge in [-0.1, -0.05) is 32.9 Å². The number of unbranched alkanes of at least 4 members (excludes halogenated alkanes) is 1. The van der Waals surface area contributed by atoms with Crippen LogP contribution in [0.1, 0.15) is 52.0 Å². The highest BCUT2D eigenvalue weighted by molar-refractivity contribution is 5.75. The van der Waals surface area contributed by atoms with Gasteiger partial charge in [0.05, 0.1) is 6.61 Å². The number of rotatable bonds is 8. The number of carbonyl (C=O) groups excluding carboxylic acids is 1. The van der Waals surface area contributed by atoms with Crippen LogP contribution in [0.2, 0.25) is 0 Å². The summed E-state index contributed by atoms with van der Waals surface area (Å²) in [6.45, 7) is 7.30. The van der Waals surface area contributed by atoms with Gasteiger partial charge in [0.25, 0.3) is 0 Å². The second-order valence-corrected chi connectivity index (χ2v) is 5.63. The summed E-state index contributed by atoms with van der Waals surface area (Å²) in [5, 5.41) is 0. The first-order valence-corrected chi connectivity index (χ1v) is 7.22. The molecule has 0 saturated heterocycles. The zero-order chi connectivity index (χ0) is 15.0. The number of nitrogens with two attached hydrogens (primary N) is 1. The van der Waals surface area contributed by atoms with Crippen LogP contribution in [-0.2, 0) is 10.2 Å². The molecule has 0 atom stereocenters. The van der Waals surface area contributed by atoms with Crippen LogP contribution >= 0.6 is 0 Å². The van der Waals surface area contributed by atoms with Crippen LogP contribution in [0.15, 0.2) is 24.3 Å². The summed E-state index contributed by atoms with van der Waals surface area (Å²) in [7, 11) is 0. The Hall–Kier alpha value is -1.55. The molecule has 0 aliphatic carbocycles. The molecular weight excluding hydrogens is 252 g/mol. The minimum Gasteiger partial charge on any atom is -0.494 e. The smallest absolute Gasteiger partial charge is 0.233 e. The Morgan fingerprint density at radius 3 is 2.45 bits per heavy atom. The molecule has 1 rings (SSSR count). The van der Waals surface area contributed by atoms with E-state index >= 15 is 0 Å². The van der Waals surface area contributed by atoms with E-state index in [4.69, 9.17) is 10.6 Å². The normalized spacial score (nSPS) is 11.2. The summed E-state index contributed by atoms with van der Waals surface area (Å²) in [6, 6.07) is 8.28. The van der Waals surface area contributed by atoms with E-state index in [2.05, 4.69) is 38.3 Å². The monoisotopic (exact) mass is 278 g/mol. The van der Waals surface area contributed by atoms with Gasteiger partial charge in [-0.05, 0) is 42.4 Å². The topological polar surface area (TPSA) is 64.3 Å². The van der Waals surface area contributed by atoms with Crippen molar-refractivity contribution in [3.8, 4) is 5.75 Å². The van der Waals surface area contributed by atoms with E-state index in [1.165, 1.54) is 5.56 Å². The lowest BCUT2D eigenvalue weighted by molar-refractivity contribution is -0.121. The Morgan fingerprint density at radius 2 is 1.90 bits per heavy atom. The van der Waals surface area contributed by atoms with Crippen molar-refractivity contribution in [2.24, 2.45) is 5.84 Å². The Bertz CT molecular complexity index is 413. The Labute approximate surface area is 121 Å². The maximum Gasteiger partial charge on any atom is 0.233 e. The Kier molecular flexibility index (Phi) is 6.52. The minimum absolute atomic E-state index is 0.129. The zero-order valence-electron chi connectivity index (χ0n) is 12.7. The number of amides is 1. The second-order valence-electron chi connectivity index (χ2n) is 5.63. The molecule has 0 spiro atoms. The van der Waals surface area contributed by atoms with Crippen molar-refractivity contribution in [3.63, 3.8) is 0 Å². The van der Waals surface area contributed by atoms with Gasteiger partial charge in [0.15, 0.2) is 0 Å². The van der Waals surface area contributed by atoms with Crippen molar-refractivity contribution in [1.29, 1.82) is 0 Å². The second kappa shape index (κ2) is 7.90. The number of carbonyl (C=O) groups is 1. The molecule has 3 N–H and O–H groups in total. The standard InChI is InChI=1S/C16H26N2O2/c1-4-16(2,3)13-8-10-14(11-9-13)20-12-6-5-7-15(19)18-17/h8-11H,4-7,12,17H2,1-3H3,(H,18,19). The molecule has 0 radical (unpaired) electrons. The lowest BCUT2D eigenvalue weighted by Crippen LogP contribution is -2.29. The summed E-state index contributed by atoms with van der Waals surface area (Å²) in [5.74, 6) is 5.76. The fraction of sp³-hybridized carbons (Fsp3) is 0.562. The highest BCUT2D eigenvalue weighted by Gasteiger charge is 2.17. The molecule has 20 heavy (non-hydrogen) atoms. The van der Waals surface area contributed by atoms with Gasteiger partial charge in [0.1, 0.15) is 5.75 Å². The van der Waals surface area contributed by atoms with Crippen LogP contribution in [0.5, 0.6) is 5.75 Å². The molecular formula is C16H26N2O2. The Balaban J connectivity index is 2.34. The SMILES string of the molecule is CCC(C)(C)c1ccc(OCCCCC(=O)NN)cc1. The first kappa shape index (κ1) is 16.5. The number of nitrogens with one attached hydrogen (secondary N) is 1. The molecule has 0 fully saturated rings. The van der Waals surface area contributed by atoms with E-state index in [0.717, 1.165) is 25.0 Å². The van der Waals surface area contributed by atoms with Gasteiger partial charge in [-0.2, -0.15) is 0 Å². The lowest BCUT2D eigenvalue weighted by atomic mass is 9.82. The molecule has 0 aliphatic rings. The molecule has 0 bridgehead atoms. The molecule has 4 nitrogen and oxygen atoms in total. The fourth-order valence-corrected chi connectivity index (χ4v) is 1.86. The van der Waals surface area contributed by atoms with Crippen molar-refractivity contribution in [1.82, 2.24) is 5.43 Å². The predicted molar refractivity (Wildman–Crippen MR) is 81.4 cm³/mol. The zero-order valence-corrected chi connectivity index (χ0v) is 12.7. The molecule has 1 aromatic carbocycles. The lowest BCUT2D eigenvalue weighted by Gasteiger charge is -2.23. The van der Waals surface area contributed by atoms with Crippen LogP contribution in [0, 0.1) is 0 Å². The van der Waals surface area contributed by atoms with Gasteiger partial charge in [-0.3, -0.25) is 10.2 Å². The van der Waals surface area contributed by atoms with Crippen LogP contribution in [0.25, 0.3) is 0 Å². The largest absolute Gasteiger partial charge is 0.494 e. The summed E-state index contributed by atoms with van der Waals surface area (Å²) in [4.78, 5) is 10.9. The number of benzene rings is 1. The molecule has 1 amide bonds. The third kappa shape index (κ3) is 5.21. The molecule has 112 valence electrons. The van der Waals surface area contributed by atoms with E-state index < -0.39 is 0 Å². The summed E-state index contributed by atoms with van der Waals surface area (Å²) in [6.07, 6.45) is 3.18.